The van der Waals surface area contributed by atoms with Gasteiger partial charge < -0.3 is 10.6 Å². The summed E-state index contributed by atoms with van der Waals surface area (Å²) in [7, 11) is 0. The zero-order chi connectivity index (χ0) is 15.4. The van der Waals surface area contributed by atoms with Gasteiger partial charge in [0.1, 0.15) is 11.5 Å². The summed E-state index contributed by atoms with van der Waals surface area (Å²) in [5, 5.41) is 7.23. The van der Waals surface area contributed by atoms with Crippen LogP contribution in [-0.2, 0) is 4.79 Å². The molecule has 0 radical (unpaired) electrons. The molecule has 5 nitrogen and oxygen atoms in total. The van der Waals surface area contributed by atoms with Gasteiger partial charge in [-0.15, -0.1) is 11.3 Å². The average Bonchev–Trinajstić information content (AvgIpc) is 2.87. The number of nitrogens with one attached hydrogen (secondary N) is 2. The van der Waals surface area contributed by atoms with Gasteiger partial charge in [-0.2, -0.15) is 0 Å². The van der Waals surface area contributed by atoms with Crippen LogP contribution in [0.2, 0.25) is 0 Å². The SMILES string of the molecule is CC(=O)Nc1nc(C(=O)NC(C)c2ccc(F)cc2)cs1. The summed E-state index contributed by atoms with van der Waals surface area (Å²) in [6, 6.07) is 5.64. The molecule has 2 amide bonds. The van der Waals surface area contributed by atoms with E-state index in [9.17, 15) is 14.0 Å². The van der Waals surface area contributed by atoms with Gasteiger partial charge in [-0.05, 0) is 24.6 Å². The number of nitrogens with zero attached hydrogens (tertiary/aromatic N) is 1. The van der Waals surface area contributed by atoms with Crippen molar-refractivity contribution < 1.29 is 14.0 Å². The molecule has 2 aromatic rings. The third-order valence-corrected chi connectivity index (χ3v) is 3.50. The lowest BCUT2D eigenvalue weighted by Crippen LogP contribution is -2.27. The number of carbonyl (C=O) groups is 2. The van der Waals surface area contributed by atoms with Crippen LogP contribution >= 0.6 is 11.3 Å². The molecular weight excluding hydrogens is 293 g/mol. The van der Waals surface area contributed by atoms with Crippen LogP contribution in [0.25, 0.3) is 0 Å². The van der Waals surface area contributed by atoms with E-state index in [0.29, 0.717) is 5.13 Å². The van der Waals surface area contributed by atoms with Crippen LogP contribution in [-0.4, -0.2) is 16.8 Å². The molecule has 0 aliphatic rings. The quantitative estimate of drug-likeness (QED) is 0.912. The Morgan fingerprint density at radius 2 is 1.95 bits per heavy atom. The van der Waals surface area contributed by atoms with Crippen LogP contribution in [0.15, 0.2) is 29.6 Å². The second-order valence-corrected chi connectivity index (χ2v) is 5.32. The maximum absolute atomic E-state index is 12.9. The number of halogens is 1. The first-order chi connectivity index (χ1) is 9.95. The molecule has 0 aliphatic carbocycles. The molecule has 1 heterocycles. The molecule has 2 rings (SSSR count). The Morgan fingerprint density at radius 1 is 1.29 bits per heavy atom. The highest BCUT2D eigenvalue weighted by atomic mass is 32.1. The number of hydrogen-bond acceptors (Lipinski definition) is 4. The molecule has 0 spiro atoms. The minimum Gasteiger partial charge on any atom is -0.344 e. The maximum atomic E-state index is 12.9. The lowest BCUT2D eigenvalue weighted by atomic mass is 10.1. The first-order valence-corrected chi connectivity index (χ1v) is 7.13. The standard InChI is InChI=1S/C14H14FN3O2S/c1-8(10-3-5-11(15)6-4-10)16-13(20)12-7-21-14(18-12)17-9(2)19/h3-8H,1-2H3,(H,16,20)(H,17,18,19). The summed E-state index contributed by atoms with van der Waals surface area (Å²) in [5.41, 5.74) is 1.03. The molecule has 0 saturated heterocycles. The van der Waals surface area contributed by atoms with Gasteiger partial charge in [0.05, 0.1) is 6.04 Å². The number of carbonyl (C=O) groups excluding carboxylic acids is 2. The van der Waals surface area contributed by atoms with Crippen LogP contribution in [0.4, 0.5) is 9.52 Å². The maximum Gasteiger partial charge on any atom is 0.271 e. The van der Waals surface area contributed by atoms with Gasteiger partial charge in [-0.1, -0.05) is 12.1 Å². The zero-order valence-corrected chi connectivity index (χ0v) is 12.3. The Labute approximate surface area is 125 Å². The van der Waals surface area contributed by atoms with Crippen molar-refractivity contribution in [2.24, 2.45) is 0 Å². The highest BCUT2D eigenvalue weighted by Gasteiger charge is 2.15. The van der Waals surface area contributed by atoms with E-state index < -0.39 is 0 Å². The number of amides is 2. The lowest BCUT2D eigenvalue weighted by Gasteiger charge is -2.13. The first kappa shape index (κ1) is 15.1. The molecule has 0 saturated carbocycles. The van der Waals surface area contributed by atoms with Crippen molar-refractivity contribution in [2.45, 2.75) is 19.9 Å². The first-order valence-electron chi connectivity index (χ1n) is 6.25. The third-order valence-electron chi connectivity index (χ3n) is 2.74. The second kappa shape index (κ2) is 6.45. The second-order valence-electron chi connectivity index (χ2n) is 4.47. The van der Waals surface area contributed by atoms with Crippen molar-refractivity contribution in [1.29, 1.82) is 0 Å². The normalized spacial score (nSPS) is 11.8. The van der Waals surface area contributed by atoms with E-state index in [2.05, 4.69) is 15.6 Å². The average molecular weight is 307 g/mol. The summed E-state index contributed by atoms with van der Waals surface area (Å²) >= 11 is 1.18. The molecule has 7 heteroatoms. The van der Waals surface area contributed by atoms with E-state index >= 15 is 0 Å². The number of anilines is 1. The number of aromatic nitrogens is 1. The number of thiazole rings is 1. The highest BCUT2D eigenvalue weighted by molar-refractivity contribution is 7.14. The summed E-state index contributed by atoms with van der Waals surface area (Å²) in [6.45, 7) is 3.17. The molecule has 0 fully saturated rings. The van der Waals surface area contributed by atoms with Crippen molar-refractivity contribution in [3.8, 4) is 0 Å². The Kier molecular flexibility index (Phi) is 4.64. The lowest BCUT2D eigenvalue weighted by molar-refractivity contribution is -0.114. The van der Waals surface area contributed by atoms with Gasteiger partial charge in [-0.3, -0.25) is 9.59 Å². The fourth-order valence-corrected chi connectivity index (χ4v) is 2.43. The van der Waals surface area contributed by atoms with Gasteiger partial charge >= 0.3 is 0 Å². The van der Waals surface area contributed by atoms with Gasteiger partial charge in [-0.25, -0.2) is 9.37 Å². The van der Waals surface area contributed by atoms with Crippen molar-refractivity contribution in [3.05, 3.63) is 46.7 Å². The molecule has 110 valence electrons. The molecule has 21 heavy (non-hydrogen) atoms. The predicted octanol–water partition coefficient (Wildman–Crippen LogP) is 2.73. The number of benzene rings is 1. The minimum atomic E-state index is -0.348. The Bertz CT molecular complexity index is 654. The van der Waals surface area contributed by atoms with Gasteiger partial charge in [0.15, 0.2) is 5.13 Å². The predicted molar refractivity (Wildman–Crippen MR) is 78.7 cm³/mol. The summed E-state index contributed by atoms with van der Waals surface area (Å²) in [4.78, 5) is 27.0. The van der Waals surface area contributed by atoms with Crippen LogP contribution in [0.1, 0.15) is 35.9 Å². The minimum absolute atomic E-state index is 0.234. The van der Waals surface area contributed by atoms with Crippen molar-refractivity contribution in [2.75, 3.05) is 5.32 Å². The van der Waals surface area contributed by atoms with E-state index in [1.165, 1.54) is 30.4 Å². The molecule has 1 aromatic carbocycles. The van der Waals surface area contributed by atoms with Crippen molar-refractivity contribution in [1.82, 2.24) is 10.3 Å². The van der Waals surface area contributed by atoms with Crippen LogP contribution in [0.3, 0.4) is 0 Å². The molecular formula is C14H14FN3O2S. The van der Waals surface area contributed by atoms with Gasteiger partial charge in [0.25, 0.3) is 5.91 Å². The summed E-state index contributed by atoms with van der Waals surface area (Å²) in [6.07, 6.45) is 0. The fourth-order valence-electron chi connectivity index (χ4n) is 1.69. The molecule has 1 atom stereocenters. The van der Waals surface area contributed by atoms with Gasteiger partial charge in [0, 0.05) is 12.3 Å². The summed E-state index contributed by atoms with van der Waals surface area (Å²) in [5.74, 6) is -0.910. The largest absolute Gasteiger partial charge is 0.344 e. The highest BCUT2D eigenvalue weighted by Crippen LogP contribution is 2.17. The molecule has 2 N–H and O–H groups in total. The van der Waals surface area contributed by atoms with Crippen LogP contribution in [0.5, 0.6) is 0 Å². The van der Waals surface area contributed by atoms with Crippen molar-refractivity contribution in [3.63, 3.8) is 0 Å². The Hall–Kier alpha value is -2.28. The number of rotatable bonds is 4. The summed E-state index contributed by atoms with van der Waals surface area (Å²) < 4.78 is 12.9. The van der Waals surface area contributed by atoms with E-state index in [-0.39, 0.29) is 29.4 Å². The Morgan fingerprint density at radius 3 is 2.57 bits per heavy atom. The van der Waals surface area contributed by atoms with Crippen LogP contribution in [0, 0.1) is 5.82 Å². The third kappa shape index (κ3) is 4.09. The van der Waals surface area contributed by atoms with Crippen molar-refractivity contribution >= 4 is 28.3 Å². The van der Waals surface area contributed by atoms with Gasteiger partial charge in [0.2, 0.25) is 5.91 Å². The zero-order valence-electron chi connectivity index (χ0n) is 11.5. The topological polar surface area (TPSA) is 71.1 Å². The molecule has 0 aliphatic heterocycles. The monoisotopic (exact) mass is 307 g/mol. The van der Waals surface area contributed by atoms with E-state index in [1.807, 2.05) is 0 Å². The smallest absolute Gasteiger partial charge is 0.271 e. The van der Waals surface area contributed by atoms with E-state index in [4.69, 9.17) is 0 Å². The van der Waals surface area contributed by atoms with Crippen LogP contribution < -0.4 is 10.6 Å². The van der Waals surface area contributed by atoms with E-state index in [0.717, 1.165) is 5.56 Å². The molecule has 1 unspecified atom stereocenters. The molecule has 1 aromatic heterocycles. The van der Waals surface area contributed by atoms with E-state index in [1.54, 1.807) is 24.4 Å². The number of hydrogen-bond donors (Lipinski definition) is 2. The fraction of sp³-hybridized carbons (Fsp3) is 0.214. The molecule has 0 bridgehead atoms. The Balaban J connectivity index is 2.02.